The average molecular weight is 292 g/mol. The number of nitrogens with one attached hydrogen (secondary N) is 1. The van der Waals surface area contributed by atoms with Crippen LogP contribution in [0.3, 0.4) is 0 Å². The van der Waals surface area contributed by atoms with Gasteiger partial charge in [0.25, 0.3) is 0 Å². The molecule has 20 heavy (non-hydrogen) atoms. The summed E-state index contributed by atoms with van der Waals surface area (Å²) in [7, 11) is 1.97. The first-order valence-electron chi connectivity index (χ1n) is 6.95. The molecular weight excluding hydrogens is 272 g/mol. The molecule has 6 heteroatoms. The zero-order valence-electron chi connectivity index (χ0n) is 11.9. The van der Waals surface area contributed by atoms with Gasteiger partial charge in [-0.3, -0.25) is 4.68 Å². The summed E-state index contributed by atoms with van der Waals surface area (Å²) in [5.41, 5.74) is 2.29. The molecule has 0 radical (unpaired) electrons. The summed E-state index contributed by atoms with van der Waals surface area (Å²) in [6.45, 7) is 4.65. The van der Waals surface area contributed by atoms with Crippen LogP contribution < -0.4 is 5.32 Å². The van der Waals surface area contributed by atoms with Crippen LogP contribution in [0.15, 0.2) is 17.6 Å². The highest BCUT2D eigenvalue weighted by molar-refractivity contribution is 7.09. The first-order chi connectivity index (χ1) is 9.74. The predicted octanol–water partition coefficient (Wildman–Crippen LogP) is 2.05. The van der Waals surface area contributed by atoms with Crippen LogP contribution in [0.2, 0.25) is 0 Å². The Labute approximate surface area is 123 Å². The molecule has 1 aliphatic rings. The molecule has 108 valence electrons. The Hall–Kier alpha value is -1.24. The van der Waals surface area contributed by atoms with Gasteiger partial charge in [0, 0.05) is 44.2 Å². The van der Waals surface area contributed by atoms with Crippen molar-refractivity contribution in [1.29, 1.82) is 0 Å². The lowest BCUT2D eigenvalue weighted by atomic mass is 9.99. The number of ether oxygens (including phenoxy) is 1. The smallest absolute Gasteiger partial charge is 0.103 e. The summed E-state index contributed by atoms with van der Waals surface area (Å²) in [4.78, 5) is 4.47. The fourth-order valence-electron chi connectivity index (χ4n) is 2.71. The molecule has 1 fully saturated rings. The van der Waals surface area contributed by atoms with Gasteiger partial charge >= 0.3 is 0 Å². The first kappa shape index (κ1) is 13.7. The van der Waals surface area contributed by atoms with Crippen LogP contribution in [0, 0.1) is 12.8 Å². The van der Waals surface area contributed by atoms with Gasteiger partial charge in [-0.1, -0.05) is 0 Å². The van der Waals surface area contributed by atoms with E-state index in [0.717, 1.165) is 36.8 Å². The van der Waals surface area contributed by atoms with Crippen LogP contribution >= 0.6 is 11.3 Å². The van der Waals surface area contributed by atoms with Crippen LogP contribution in [0.5, 0.6) is 0 Å². The molecule has 1 aliphatic heterocycles. The van der Waals surface area contributed by atoms with Gasteiger partial charge in [0.05, 0.1) is 16.4 Å². The van der Waals surface area contributed by atoms with Gasteiger partial charge in [-0.25, -0.2) is 4.98 Å². The van der Waals surface area contributed by atoms with Crippen molar-refractivity contribution < 1.29 is 4.74 Å². The van der Waals surface area contributed by atoms with Gasteiger partial charge in [0.15, 0.2) is 0 Å². The normalized spacial score (nSPS) is 22.5. The molecule has 0 aliphatic carbocycles. The molecule has 1 saturated heterocycles. The highest BCUT2D eigenvalue weighted by atomic mass is 32.1. The number of aryl methyl sites for hydroxylation is 2. The van der Waals surface area contributed by atoms with E-state index in [4.69, 9.17) is 4.74 Å². The van der Waals surface area contributed by atoms with Gasteiger partial charge in [-0.05, 0) is 19.4 Å². The zero-order chi connectivity index (χ0) is 13.9. The average Bonchev–Trinajstić information content (AvgIpc) is 3.12. The number of aromatic nitrogens is 3. The van der Waals surface area contributed by atoms with Crippen molar-refractivity contribution in [2.75, 3.05) is 13.2 Å². The second-order valence-electron chi connectivity index (χ2n) is 5.21. The minimum atomic E-state index is 0.159. The SMILES string of the molecule is Cc1nc(CNC[C@@H]2CCO[C@H]2c2ccnn2C)cs1. The number of nitrogens with zero attached hydrogens (tertiary/aromatic N) is 3. The Balaban J connectivity index is 1.55. The molecule has 0 spiro atoms. The Kier molecular flexibility index (Phi) is 4.14. The van der Waals surface area contributed by atoms with Gasteiger partial charge in [0.2, 0.25) is 0 Å². The molecule has 0 saturated carbocycles. The van der Waals surface area contributed by atoms with Crippen LogP contribution in [0.1, 0.15) is 28.9 Å². The molecule has 3 rings (SSSR count). The predicted molar refractivity (Wildman–Crippen MR) is 78.6 cm³/mol. The monoisotopic (exact) mass is 292 g/mol. The highest BCUT2D eigenvalue weighted by Gasteiger charge is 2.31. The van der Waals surface area contributed by atoms with Crippen molar-refractivity contribution in [3.8, 4) is 0 Å². The molecule has 2 aromatic heterocycles. The third-order valence-electron chi connectivity index (χ3n) is 3.74. The molecule has 0 amide bonds. The topological polar surface area (TPSA) is 52.0 Å². The van der Waals surface area contributed by atoms with Crippen molar-refractivity contribution in [3.05, 3.63) is 34.0 Å². The minimum absolute atomic E-state index is 0.159. The summed E-state index contributed by atoms with van der Waals surface area (Å²) in [5.74, 6) is 0.505. The molecule has 0 bridgehead atoms. The van der Waals surface area contributed by atoms with Gasteiger partial charge in [-0.15, -0.1) is 11.3 Å². The lowest BCUT2D eigenvalue weighted by molar-refractivity contribution is 0.0837. The molecular formula is C14H20N4OS. The van der Waals surface area contributed by atoms with E-state index in [1.165, 1.54) is 5.69 Å². The Bertz CT molecular complexity index is 565. The highest BCUT2D eigenvalue weighted by Crippen LogP contribution is 2.33. The lowest BCUT2D eigenvalue weighted by Crippen LogP contribution is -2.25. The molecule has 2 atom stereocenters. The van der Waals surface area contributed by atoms with Crippen LogP contribution in [-0.4, -0.2) is 27.9 Å². The summed E-state index contributed by atoms with van der Waals surface area (Å²) in [6, 6.07) is 2.05. The maximum Gasteiger partial charge on any atom is 0.103 e. The maximum absolute atomic E-state index is 5.88. The Morgan fingerprint density at radius 2 is 2.45 bits per heavy atom. The van der Waals surface area contributed by atoms with Crippen LogP contribution in [-0.2, 0) is 18.3 Å². The van der Waals surface area contributed by atoms with Gasteiger partial charge < -0.3 is 10.1 Å². The molecule has 0 unspecified atom stereocenters. The van der Waals surface area contributed by atoms with Crippen molar-refractivity contribution in [2.24, 2.45) is 13.0 Å². The van der Waals surface area contributed by atoms with E-state index in [1.54, 1.807) is 11.3 Å². The Morgan fingerprint density at radius 1 is 1.55 bits per heavy atom. The summed E-state index contributed by atoms with van der Waals surface area (Å²) < 4.78 is 7.79. The molecule has 5 nitrogen and oxygen atoms in total. The lowest BCUT2D eigenvalue weighted by Gasteiger charge is -2.19. The number of rotatable bonds is 5. The molecule has 3 heterocycles. The number of thiazole rings is 1. The molecule has 0 aromatic carbocycles. The Morgan fingerprint density at radius 3 is 3.15 bits per heavy atom. The summed E-state index contributed by atoms with van der Waals surface area (Å²) in [5, 5.41) is 11.0. The van der Waals surface area contributed by atoms with E-state index in [1.807, 2.05) is 30.9 Å². The van der Waals surface area contributed by atoms with E-state index >= 15 is 0 Å². The quantitative estimate of drug-likeness (QED) is 0.916. The van der Waals surface area contributed by atoms with E-state index in [0.29, 0.717) is 5.92 Å². The second kappa shape index (κ2) is 6.03. The number of hydrogen-bond donors (Lipinski definition) is 1. The third kappa shape index (κ3) is 2.92. The van der Waals surface area contributed by atoms with Crippen molar-refractivity contribution in [2.45, 2.75) is 26.0 Å². The fraction of sp³-hybridized carbons (Fsp3) is 0.571. The zero-order valence-corrected chi connectivity index (χ0v) is 12.7. The van der Waals surface area contributed by atoms with Crippen molar-refractivity contribution in [1.82, 2.24) is 20.1 Å². The molecule has 2 aromatic rings. The van der Waals surface area contributed by atoms with E-state index in [-0.39, 0.29) is 6.10 Å². The van der Waals surface area contributed by atoms with Crippen LogP contribution in [0.25, 0.3) is 0 Å². The number of hydrogen-bond acceptors (Lipinski definition) is 5. The second-order valence-corrected chi connectivity index (χ2v) is 6.27. The van der Waals surface area contributed by atoms with Crippen LogP contribution in [0.4, 0.5) is 0 Å². The molecule has 1 N–H and O–H groups in total. The standard InChI is InChI=1S/C14H20N4OS/c1-10-17-12(9-20-10)8-15-7-11-4-6-19-14(11)13-3-5-16-18(13)2/h3,5,9,11,14-15H,4,6-8H2,1-2H3/t11-,14+/m0/s1. The summed E-state index contributed by atoms with van der Waals surface area (Å²) in [6.07, 6.45) is 3.09. The van der Waals surface area contributed by atoms with Gasteiger partial charge in [-0.2, -0.15) is 5.10 Å². The minimum Gasteiger partial charge on any atom is -0.372 e. The largest absolute Gasteiger partial charge is 0.372 e. The van der Waals surface area contributed by atoms with E-state index < -0.39 is 0 Å². The fourth-order valence-corrected chi connectivity index (χ4v) is 3.32. The first-order valence-corrected chi connectivity index (χ1v) is 7.83. The third-order valence-corrected chi connectivity index (χ3v) is 4.57. The van der Waals surface area contributed by atoms with Crippen molar-refractivity contribution >= 4 is 11.3 Å². The van der Waals surface area contributed by atoms with Gasteiger partial charge in [0.1, 0.15) is 6.10 Å². The maximum atomic E-state index is 5.88. The van der Waals surface area contributed by atoms with E-state index in [2.05, 4.69) is 20.8 Å². The summed E-state index contributed by atoms with van der Waals surface area (Å²) >= 11 is 1.70. The van der Waals surface area contributed by atoms with E-state index in [9.17, 15) is 0 Å². The van der Waals surface area contributed by atoms with Crippen molar-refractivity contribution in [3.63, 3.8) is 0 Å².